The third-order valence-electron chi connectivity index (χ3n) is 10.1. The highest BCUT2D eigenvalue weighted by Gasteiger charge is 2.16. The largest absolute Gasteiger partial charge is 0.256 e. The summed E-state index contributed by atoms with van der Waals surface area (Å²) in [6.07, 6.45) is 53.4. The number of rotatable bonds is 36. The third kappa shape index (κ3) is 25.4. The normalized spacial score (nSPS) is 11.6. The zero-order valence-corrected chi connectivity index (χ0v) is 31.0. The molecular formula is C42H83N2+. The Bertz CT molecular complexity index is 677. The van der Waals surface area contributed by atoms with Crippen LogP contribution in [0.4, 0.5) is 0 Å². The number of imidazole rings is 1. The number of aromatic nitrogens is 2. The number of hydrogen-bond acceptors (Lipinski definition) is 0. The molecule has 0 aliphatic carbocycles. The van der Waals surface area contributed by atoms with Crippen LogP contribution in [-0.4, -0.2) is 4.57 Å². The SMILES string of the molecule is CCCCCCCCCCCCCCCCCCC[n+]1ccn(CCCCCCCCCC)c1CCCCCCCCCC. The fourth-order valence-electron chi connectivity index (χ4n) is 7.03. The van der Waals surface area contributed by atoms with E-state index in [1.165, 1.54) is 231 Å². The molecule has 1 rings (SSSR count). The van der Waals surface area contributed by atoms with Gasteiger partial charge in [0.25, 0.3) is 5.82 Å². The van der Waals surface area contributed by atoms with E-state index in [1.54, 1.807) is 5.82 Å². The molecule has 0 bridgehead atoms. The molecule has 0 amide bonds. The molecule has 0 saturated carbocycles. The molecule has 0 fully saturated rings. The van der Waals surface area contributed by atoms with Gasteiger partial charge in [0, 0.05) is 6.42 Å². The van der Waals surface area contributed by atoms with Crippen LogP contribution in [0, 0.1) is 0 Å². The summed E-state index contributed by atoms with van der Waals surface area (Å²) in [6.45, 7) is 9.40. The van der Waals surface area contributed by atoms with Crippen LogP contribution in [0.1, 0.15) is 238 Å². The standard InChI is InChI=1S/C42H83N2/c1-4-7-10-13-16-19-20-21-22-23-24-25-26-27-30-33-36-39-44-41-40-43(38-35-32-29-18-15-12-9-6-3)42(44)37-34-31-28-17-14-11-8-5-2/h40-41H,4-39H2,1-3H3/q+1. The Morgan fingerprint density at radius 3 is 1.09 bits per heavy atom. The molecule has 0 saturated heterocycles. The maximum absolute atomic E-state index is 2.64. The van der Waals surface area contributed by atoms with Gasteiger partial charge >= 0.3 is 0 Å². The molecule has 260 valence electrons. The highest BCUT2D eigenvalue weighted by molar-refractivity contribution is 4.84. The van der Waals surface area contributed by atoms with Gasteiger partial charge in [0.2, 0.25) is 0 Å². The minimum absolute atomic E-state index is 1.23. The predicted molar refractivity (Wildman–Crippen MR) is 198 cm³/mol. The quantitative estimate of drug-likeness (QED) is 0.0524. The number of unbranched alkanes of at least 4 members (excludes halogenated alkanes) is 30. The van der Waals surface area contributed by atoms with Crippen molar-refractivity contribution in [1.29, 1.82) is 0 Å². The summed E-state index contributed by atoms with van der Waals surface area (Å²) in [7, 11) is 0. The van der Waals surface area contributed by atoms with Gasteiger partial charge in [-0.15, -0.1) is 0 Å². The summed E-state index contributed by atoms with van der Waals surface area (Å²) >= 11 is 0. The van der Waals surface area contributed by atoms with Crippen molar-refractivity contribution >= 4 is 0 Å². The van der Waals surface area contributed by atoms with Crippen molar-refractivity contribution in [2.24, 2.45) is 0 Å². The minimum Gasteiger partial charge on any atom is -0.234 e. The van der Waals surface area contributed by atoms with Crippen LogP contribution < -0.4 is 4.57 Å². The lowest BCUT2D eigenvalue weighted by Crippen LogP contribution is -2.37. The van der Waals surface area contributed by atoms with Crippen LogP contribution in [0.3, 0.4) is 0 Å². The van der Waals surface area contributed by atoms with E-state index in [2.05, 4.69) is 42.3 Å². The smallest absolute Gasteiger partial charge is 0.234 e. The van der Waals surface area contributed by atoms with Crippen molar-refractivity contribution < 1.29 is 4.57 Å². The molecule has 44 heavy (non-hydrogen) atoms. The number of hydrogen-bond donors (Lipinski definition) is 0. The first-order chi connectivity index (χ1) is 21.8. The number of aryl methyl sites for hydroxylation is 2. The van der Waals surface area contributed by atoms with Gasteiger partial charge in [0.15, 0.2) is 0 Å². The maximum atomic E-state index is 2.64. The van der Waals surface area contributed by atoms with Crippen LogP contribution in [-0.2, 0) is 19.5 Å². The lowest BCUT2D eigenvalue weighted by atomic mass is 10.0. The molecule has 2 nitrogen and oxygen atoms in total. The fraction of sp³-hybridized carbons (Fsp3) is 0.929. The molecule has 2 heteroatoms. The van der Waals surface area contributed by atoms with Crippen molar-refractivity contribution in [1.82, 2.24) is 4.57 Å². The topological polar surface area (TPSA) is 8.81 Å². The molecule has 0 N–H and O–H groups in total. The first-order valence-corrected chi connectivity index (χ1v) is 20.9. The van der Waals surface area contributed by atoms with E-state index < -0.39 is 0 Å². The molecule has 0 radical (unpaired) electrons. The summed E-state index contributed by atoms with van der Waals surface area (Å²) in [5.74, 6) is 1.62. The second kappa shape index (κ2) is 33.6. The van der Waals surface area contributed by atoms with Gasteiger partial charge in [-0.2, -0.15) is 0 Å². The van der Waals surface area contributed by atoms with Gasteiger partial charge in [-0.25, -0.2) is 9.13 Å². The Kier molecular flexibility index (Phi) is 31.5. The van der Waals surface area contributed by atoms with Gasteiger partial charge in [-0.1, -0.05) is 201 Å². The van der Waals surface area contributed by atoms with Gasteiger partial charge < -0.3 is 0 Å². The highest BCUT2D eigenvalue weighted by Crippen LogP contribution is 2.15. The summed E-state index contributed by atoms with van der Waals surface area (Å²) in [5.41, 5.74) is 0. The van der Waals surface area contributed by atoms with E-state index >= 15 is 0 Å². The van der Waals surface area contributed by atoms with Crippen LogP contribution in [0.15, 0.2) is 12.4 Å². The summed E-state index contributed by atoms with van der Waals surface area (Å²) < 4.78 is 5.27. The Hall–Kier alpha value is -0.790. The van der Waals surface area contributed by atoms with Crippen LogP contribution in [0.2, 0.25) is 0 Å². The van der Waals surface area contributed by atoms with Crippen LogP contribution in [0.25, 0.3) is 0 Å². The third-order valence-corrected chi connectivity index (χ3v) is 10.1. The van der Waals surface area contributed by atoms with E-state index in [-0.39, 0.29) is 0 Å². The predicted octanol–water partition coefficient (Wildman–Crippen LogP) is 14.3. The lowest BCUT2D eigenvalue weighted by molar-refractivity contribution is -0.704. The van der Waals surface area contributed by atoms with E-state index in [4.69, 9.17) is 0 Å². The molecule has 1 aromatic rings. The molecule has 0 unspecified atom stereocenters. The van der Waals surface area contributed by atoms with Gasteiger partial charge in [0.1, 0.15) is 12.4 Å². The first kappa shape index (κ1) is 41.2. The van der Waals surface area contributed by atoms with Gasteiger partial charge in [0.05, 0.1) is 13.1 Å². The highest BCUT2D eigenvalue weighted by atomic mass is 15.1. The van der Waals surface area contributed by atoms with Crippen molar-refractivity contribution in [3.8, 4) is 0 Å². The summed E-state index contributed by atoms with van der Waals surface area (Å²) in [6, 6.07) is 0. The molecule has 0 aromatic carbocycles. The summed E-state index contributed by atoms with van der Waals surface area (Å²) in [5, 5.41) is 0. The Balaban J connectivity index is 2.20. The van der Waals surface area contributed by atoms with Crippen LogP contribution >= 0.6 is 0 Å². The zero-order chi connectivity index (χ0) is 31.6. The molecule has 0 atom stereocenters. The van der Waals surface area contributed by atoms with Gasteiger partial charge in [-0.05, 0) is 32.1 Å². The average molecular weight is 616 g/mol. The Morgan fingerprint density at radius 2 is 0.705 bits per heavy atom. The van der Waals surface area contributed by atoms with Crippen LogP contribution in [0.5, 0.6) is 0 Å². The first-order valence-electron chi connectivity index (χ1n) is 20.9. The number of nitrogens with zero attached hydrogens (tertiary/aromatic N) is 2. The molecule has 0 aliphatic rings. The zero-order valence-electron chi connectivity index (χ0n) is 31.0. The van der Waals surface area contributed by atoms with Crippen molar-refractivity contribution in [3.05, 3.63) is 18.2 Å². The van der Waals surface area contributed by atoms with E-state index in [1.807, 2.05) is 0 Å². The van der Waals surface area contributed by atoms with Crippen molar-refractivity contribution in [3.63, 3.8) is 0 Å². The second-order valence-electron chi connectivity index (χ2n) is 14.5. The second-order valence-corrected chi connectivity index (χ2v) is 14.5. The van der Waals surface area contributed by atoms with Crippen molar-refractivity contribution in [2.45, 2.75) is 252 Å². The minimum atomic E-state index is 1.23. The van der Waals surface area contributed by atoms with E-state index in [0.29, 0.717) is 0 Å². The molecule has 0 spiro atoms. The van der Waals surface area contributed by atoms with Gasteiger partial charge in [-0.3, -0.25) is 0 Å². The maximum Gasteiger partial charge on any atom is 0.256 e. The molecule has 1 aromatic heterocycles. The van der Waals surface area contributed by atoms with E-state index in [0.717, 1.165) is 0 Å². The Morgan fingerprint density at radius 1 is 0.386 bits per heavy atom. The van der Waals surface area contributed by atoms with E-state index in [9.17, 15) is 0 Å². The monoisotopic (exact) mass is 616 g/mol. The average Bonchev–Trinajstić information content (AvgIpc) is 3.42. The van der Waals surface area contributed by atoms with Crippen molar-refractivity contribution in [2.75, 3.05) is 0 Å². The molecular weight excluding hydrogens is 532 g/mol. The lowest BCUT2D eigenvalue weighted by Gasteiger charge is -2.07. The summed E-state index contributed by atoms with van der Waals surface area (Å²) in [4.78, 5) is 0. The molecule has 0 aliphatic heterocycles. The fourth-order valence-corrected chi connectivity index (χ4v) is 7.03. The Labute approximate surface area is 279 Å². The molecule has 1 heterocycles.